The lowest BCUT2D eigenvalue weighted by molar-refractivity contribution is 0.282. The van der Waals surface area contributed by atoms with E-state index in [1.54, 1.807) is 16.6 Å². The molecule has 0 unspecified atom stereocenters. The van der Waals surface area contributed by atoms with Crippen LogP contribution in [-0.2, 0) is 16.6 Å². The highest BCUT2D eigenvalue weighted by molar-refractivity contribution is 7.89. The molecule has 2 rings (SSSR count). The summed E-state index contributed by atoms with van der Waals surface area (Å²) in [4.78, 5) is 0.861. The molecule has 0 aliphatic heterocycles. The fraction of sp³-hybridized carbons (Fsp3) is 0.636. The lowest BCUT2D eigenvalue weighted by Gasteiger charge is -2.20. The Morgan fingerprint density at radius 3 is 2.65 bits per heavy atom. The van der Waals surface area contributed by atoms with E-state index in [-0.39, 0.29) is 12.6 Å². The number of aliphatic hydroxyl groups is 1. The molecule has 1 saturated carbocycles. The van der Waals surface area contributed by atoms with Crippen molar-refractivity contribution in [3.63, 3.8) is 0 Å². The first-order chi connectivity index (χ1) is 8.02. The number of nitrogens with zero attached hydrogens (tertiary/aromatic N) is 1. The quantitative estimate of drug-likeness (QED) is 0.890. The Balaban J connectivity index is 2.46. The van der Waals surface area contributed by atoms with E-state index in [2.05, 4.69) is 0 Å². The molecule has 1 aromatic heterocycles. The molecule has 0 saturated heterocycles. The zero-order valence-electron chi connectivity index (χ0n) is 10.0. The molecule has 96 valence electrons. The summed E-state index contributed by atoms with van der Waals surface area (Å²) in [6.07, 6.45) is 1.90. The van der Waals surface area contributed by atoms with Crippen molar-refractivity contribution in [1.82, 2.24) is 4.31 Å². The van der Waals surface area contributed by atoms with Gasteiger partial charge in [0.1, 0.15) is 4.90 Å². The number of thiophene rings is 1. The number of aliphatic hydroxyl groups excluding tert-OH is 1. The van der Waals surface area contributed by atoms with E-state index < -0.39 is 10.0 Å². The van der Waals surface area contributed by atoms with Crippen molar-refractivity contribution < 1.29 is 13.5 Å². The summed E-state index contributed by atoms with van der Waals surface area (Å²) in [7, 11) is -3.43. The molecule has 0 bridgehead atoms. The maximum absolute atomic E-state index is 12.5. The van der Waals surface area contributed by atoms with Crippen LogP contribution in [0.2, 0.25) is 0 Å². The van der Waals surface area contributed by atoms with Gasteiger partial charge in [-0.2, -0.15) is 4.31 Å². The van der Waals surface area contributed by atoms with Crippen molar-refractivity contribution in [1.29, 1.82) is 0 Å². The maximum atomic E-state index is 12.5. The van der Waals surface area contributed by atoms with Gasteiger partial charge in [0, 0.05) is 12.6 Å². The highest BCUT2D eigenvalue weighted by Crippen LogP contribution is 2.35. The molecule has 0 spiro atoms. The Labute approximate surface area is 106 Å². The Kier molecular flexibility index (Phi) is 3.58. The van der Waals surface area contributed by atoms with Gasteiger partial charge in [0.05, 0.1) is 11.5 Å². The average molecular weight is 275 g/mol. The smallest absolute Gasteiger partial charge is 0.244 e. The van der Waals surface area contributed by atoms with Crippen LogP contribution in [0, 0.1) is 6.92 Å². The fourth-order valence-electron chi connectivity index (χ4n) is 2.05. The largest absolute Gasteiger partial charge is 0.391 e. The van der Waals surface area contributed by atoms with Gasteiger partial charge < -0.3 is 5.11 Å². The van der Waals surface area contributed by atoms with Crippen LogP contribution in [-0.4, -0.2) is 30.4 Å². The molecule has 0 radical (unpaired) electrons. The standard InChI is InChI=1S/C11H17NO3S2/c1-3-12(9-4-5-9)17(14,15)11-8(2)7-16-10(11)6-13/h7,9,13H,3-6H2,1-2H3. The zero-order chi connectivity index (χ0) is 12.6. The summed E-state index contributed by atoms with van der Waals surface area (Å²) in [6, 6.07) is 0.163. The van der Waals surface area contributed by atoms with Gasteiger partial charge in [-0.3, -0.25) is 0 Å². The molecule has 17 heavy (non-hydrogen) atoms. The monoisotopic (exact) mass is 275 g/mol. The van der Waals surface area contributed by atoms with Crippen molar-refractivity contribution in [2.24, 2.45) is 0 Å². The van der Waals surface area contributed by atoms with Gasteiger partial charge >= 0.3 is 0 Å². The van der Waals surface area contributed by atoms with Crippen LogP contribution in [0.1, 0.15) is 30.2 Å². The van der Waals surface area contributed by atoms with Crippen LogP contribution in [0.4, 0.5) is 0 Å². The third-order valence-electron chi connectivity index (χ3n) is 2.97. The third kappa shape index (κ3) is 2.27. The summed E-state index contributed by atoms with van der Waals surface area (Å²) in [5, 5.41) is 11.0. The van der Waals surface area contributed by atoms with Crippen molar-refractivity contribution in [3.05, 3.63) is 15.8 Å². The molecular formula is C11H17NO3S2. The second-order valence-corrected chi connectivity index (χ2v) is 7.06. The summed E-state index contributed by atoms with van der Waals surface area (Å²) in [6.45, 7) is 3.92. The van der Waals surface area contributed by atoms with Crippen LogP contribution in [0.15, 0.2) is 10.3 Å². The van der Waals surface area contributed by atoms with Crippen LogP contribution < -0.4 is 0 Å². The number of hydrogen-bond donors (Lipinski definition) is 1. The van der Waals surface area contributed by atoms with Crippen molar-refractivity contribution in [2.75, 3.05) is 6.54 Å². The minimum atomic E-state index is -3.43. The van der Waals surface area contributed by atoms with Gasteiger partial charge in [0.2, 0.25) is 10.0 Å². The normalized spacial score (nSPS) is 16.7. The van der Waals surface area contributed by atoms with E-state index in [1.165, 1.54) is 11.3 Å². The molecule has 1 N–H and O–H groups in total. The second kappa shape index (κ2) is 4.68. The molecule has 4 nitrogen and oxygen atoms in total. The summed E-state index contributed by atoms with van der Waals surface area (Å²) >= 11 is 1.31. The average Bonchev–Trinajstić information content (AvgIpc) is 3.01. The second-order valence-electron chi connectivity index (χ2n) is 4.27. The van der Waals surface area contributed by atoms with E-state index in [1.807, 2.05) is 6.92 Å². The van der Waals surface area contributed by atoms with E-state index in [4.69, 9.17) is 0 Å². The summed E-state index contributed by atoms with van der Waals surface area (Å²) in [5.41, 5.74) is 0.734. The van der Waals surface area contributed by atoms with Crippen molar-refractivity contribution in [2.45, 2.75) is 44.2 Å². The molecule has 0 aromatic carbocycles. The molecule has 0 amide bonds. The number of sulfonamides is 1. The van der Waals surface area contributed by atoms with Crippen LogP contribution in [0.25, 0.3) is 0 Å². The van der Waals surface area contributed by atoms with Gasteiger partial charge in [-0.25, -0.2) is 8.42 Å². The lowest BCUT2D eigenvalue weighted by atomic mass is 10.3. The van der Waals surface area contributed by atoms with Crippen molar-refractivity contribution >= 4 is 21.4 Å². The van der Waals surface area contributed by atoms with Gasteiger partial charge in [-0.05, 0) is 30.7 Å². The molecule has 1 heterocycles. The maximum Gasteiger partial charge on any atom is 0.244 e. The molecule has 6 heteroatoms. The lowest BCUT2D eigenvalue weighted by Crippen LogP contribution is -2.33. The topological polar surface area (TPSA) is 57.6 Å². The predicted molar refractivity (Wildman–Crippen MR) is 67.6 cm³/mol. The SMILES string of the molecule is CCN(C1CC1)S(=O)(=O)c1c(C)csc1CO. The molecule has 1 aliphatic rings. The first kappa shape index (κ1) is 13.0. The van der Waals surface area contributed by atoms with E-state index in [0.29, 0.717) is 16.3 Å². The summed E-state index contributed by atoms with van der Waals surface area (Å²) < 4.78 is 26.6. The number of aryl methyl sites for hydroxylation is 1. The molecular weight excluding hydrogens is 258 g/mol. The summed E-state index contributed by atoms with van der Waals surface area (Å²) in [5.74, 6) is 0. The first-order valence-electron chi connectivity index (χ1n) is 5.72. The van der Waals surface area contributed by atoms with E-state index in [0.717, 1.165) is 18.4 Å². The van der Waals surface area contributed by atoms with Gasteiger partial charge in [0.15, 0.2) is 0 Å². The van der Waals surface area contributed by atoms with Crippen LogP contribution in [0.3, 0.4) is 0 Å². The van der Waals surface area contributed by atoms with Gasteiger partial charge in [0.25, 0.3) is 0 Å². The van der Waals surface area contributed by atoms with Gasteiger partial charge in [-0.15, -0.1) is 11.3 Å². The Bertz CT molecular complexity index is 503. The molecule has 1 aliphatic carbocycles. The van der Waals surface area contributed by atoms with E-state index in [9.17, 15) is 13.5 Å². The molecule has 1 fully saturated rings. The van der Waals surface area contributed by atoms with E-state index >= 15 is 0 Å². The predicted octanol–water partition coefficient (Wildman–Crippen LogP) is 1.72. The third-order valence-corrected chi connectivity index (χ3v) is 6.44. The zero-order valence-corrected chi connectivity index (χ0v) is 11.6. The minimum absolute atomic E-state index is 0.163. The Morgan fingerprint density at radius 1 is 1.53 bits per heavy atom. The number of rotatable bonds is 5. The van der Waals surface area contributed by atoms with Crippen molar-refractivity contribution in [3.8, 4) is 0 Å². The van der Waals surface area contributed by atoms with Crippen LogP contribution >= 0.6 is 11.3 Å². The molecule has 0 atom stereocenters. The Hall–Kier alpha value is -0.430. The minimum Gasteiger partial charge on any atom is -0.391 e. The Morgan fingerprint density at radius 2 is 2.18 bits per heavy atom. The highest BCUT2D eigenvalue weighted by atomic mass is 32.2. The highest BCUT2D eigenvalue weighted by Gasteiger charge is 2.38. The number of hydrogen-bond acceptors (Lipinski definition) is 4. The molecule has 1 aromatic rings. The van der Waals surface area contributed by atoms with Gasteiger partial charge in [-0.1, -0.05) is 6.92 Å². The first-order valence-corrected chi connectivity index (χ1v) is 8.04. The fourth-order valence-corrected chi connectivity index (χ4v) is 5.36. The van der Waals surface area contributed by atoms with Crippen LogP contribution in [0.5, 0.6) is 0 Å².